The van der Waals surface area contributed by atoms with Crippen LogP contribution in [0.2, 0.25) is 0 Å². The minimum absolute atomic E-state index is 0.0000142. The second-order valence-electron chi connectivity index (χ2n) is 4.42. The van der Waals surface area contributed by atoms with Crippen molar-refractivity contribution in [1.82, 2.24) is 0 Å². The van der Waals surface area contributed by atoms with Crippen LogP contribution in [0.15, 0.2) is 48.5 Å². The smallest absolute Gasteiger partial charge is 0.310 e. The molecule has 0 heterocycles. The van der Waals surface area contributed by atoms with E-state index in [2.05, 4.69) is 0 Å². The number of aryl methyl sites for hydroxylation is 1. The summed E-state index contributed by atoms with van der Waals surface area (Å²) < 4.78 is 5.48. The Bertz CT molecular complexity index is 582. The number of anilines is 1. The van der Waals surface area contributed by atoms with Crippen molar-refractivity contribution in [2.24, 2.45) is 0 Å². The number of nitro benzene ring substituents is 1. The van der Waals surface area contributed by atoms with Crippen LogP contribution in [0, 0.1) is 10.1 Å². The Morgan fingerprint density at radius 2 is 1.80 bits per heavy atom. The maximum atomic E-state index is 10.8. The van der Waals surface area contributed by atoms with Gasteiger partial charge in [0.05, 0.1) is 11.5 Å². The van der Waals surface area contributed by atoms with E-state index in [1.807, 2.05) is 24.3 Å². The van der Waals surface area contributed by atoms with Gasteiger partial charge in [0.2, 0.25) is 0 Å². The first-order valence-corrected chi connectivity index (χ1v) is 6.37. The van der Waals surface area contributed by atoms with Gasteiger partial charge in [0.25, 0.3) is 0 Å². The molecule has 0 radical (unpaired) electrons. The number of nitrogen functional groups attached to an aromatic ring is 1. The molecule has 20 heavy (non-hydrogen) atoms. The van der Waals surface area contributed by atoms with Crippen LogP contribution in [0.1, 0.15) is 12.0 Å². The Balaban J connectivity index is 1.84. The summed E-state index contributed by atoms with van der Waals surface area (Å²) in [5.41, 5.74) is 7.53. The topological polar surface area (TPSA) is 78.4 Å². The number of ether oxygens (including phenoxy) is 1. The Kier molecular flexibility index (Phi) is 4.55. The van der Waals surface area contributed by atoms with Crippen LogP contribution < -0.4 is 10.5 Å². The molecule has 2 N–H and O–H groups in total. The maximum absolute atomic E-state index is 10.8. The normalized spacial score (nSPS) is 10.2. The van der Waals surface area contributed by atoms with E-state index in [1.165, 1.54) is 11.6 Å². The van der Waals surface area contributed by atoms with Gasteiger partial charge in [-0.1, -0.05) is 24.3 Å². The number of nitrogens with two attached hydrogens (primary N) is 1. The van der Waals surface area contributed by atoms with E-state index in [0.717, 1.165) is 18.5 Å². The van der Waals surface area contributed by atoms with Gasteiger partial charge in [-0.3, -0.25) is 10.1 Å². The Labute approximate surface area is 117 Å². The van der Waals surface area contributed by atoms with E-state index in [4.69, 9.17) is 10.5 Å². The first kappa shape index (κ1) is 13.9. The fraction of sp³-hybridized carbons (Fsp3) is 0.200. The van der Waals surface area contributed by atoms with Crippen LogP contribution in [0.3, 0.4) is 0 Å². The third-order valence-corrected chi connectivity index (χ3v) is 2.91. The molecule has 0 saturated carbocycles. The first-order valence-electron chi connectivity index (χ1n) is 6.37. The lowest BCUT2D eigenvalue weighted by Crippen LogP contribution is -2.02. The molecule has 104 valence electrons. The summed E-state index contributed by atoms with van der Waals surface area (Å²) in [5.74, 6) is 0.315. The summed E-state index contributed by atoms with van der Waals surface area (Å²) in [6.07, 6.45) is 1.64. The number of nitrogens with zero attached hydrogens (tertiary/aromatic N) is 1. The highest BCUT2D eigenvalue weighted by Crippen LogP contribution is 2.25. The molecular formula is C15H16N2O3. The van der Waals surface area contributed by atoms with Crippen LogP contribution in [-0.2, 0) is 6.42 Å². The SMILES string of the molecule is Nc1ccc(CCCOc2ccccc2[N+](=O)[O-])cc1. The second-order valence-corrected chi connectivity index (χ2v) is 4.42. The molecule has 2 aromatic carbocycles. The van der Waals surface area contributed by atoms with Crippen molar-refractivity contribution in [3.63, 3.8) is 0 Å². The van der Waals surface area contributed by atoms with Crippen molar-refractivity contribution in [3.05, 3.63) is 64.2 Å². The van der Waals surface area contributed by atoms with E-state index in [1.54, 1.807) is 18.2 Å². The van der Waals surface area contributed by atoms with Crippen LogP contribution in [0.4, 0.5) is 11.4 Å². The zero-order valence-electron chi connectivity index (χ0n) is 11.0. The summed E-state index contributed by atoms with van der Waals surface area (Å²) in [7, 11) is 0. The van der Waals surface area contributed by atoms with Gasteiger partial charge >= 0.3 is 5.69 Å². The van der Waals surface area contributed by atoms with Gasteiger partial charge in [0.15, 0.2) is 5.75 Å². The number of benzene rings is 2. The van der Waals surface area contributed by atoms with Crippen molar-refractivity contribution in [1.29, 1.82) is 0 Å². The molecule has 2 aromatic rings. The van der Waals surface area contributed by atoms with E-state index < -0.39 is 4.92 Å². The van der Waals surface area contributed by atoms with Gasteiger partial charge in [-0.05, 0) is 36.6 Å². The molecule has 0 aromatic heterocycles. The summed E-state index contributed by atoms with van der Waals surface area (Å²) in [6.45, 7) is 0.440. The number of rotatable bonds is 6. The van der Waals surface area contributed by atoms with Gasteiger partial charge in [-0.15, -0.1) is 0 Å². The lowest BCUT2D eigenvalue weighted by atomic mass is 10.1. The molecule has 0 saturated heterocycles. The Hall–Kier alpha value is -2.56. The largest absolute Gasteiger partial charge is 0.487 e. The van der Waals surface area contributed by atoms with E-state index in [9.17, 15) is 10.1 Å². The predicted molar refractivity (Wildman–Crippen MR) is 77.8 cm³/mol. The zero-order valence-corrected chi connectivity index (χ0v) is 11.0. The highest BCUT2D eigenvalue weighted by Gasteiger charge is 2.12. The summed E-state index contributed by atoms with van der Waals surface area (Å²) in [4.78, 5) is 10.4. The third kappa shape index (κ3) is 3.71. The molecular weight excluding hydrogens is 256 g/mol. The maximum Gasteiger partial charge on any atom is 0.310 e. The average Bonchev–Trinajstić information content (AvgIpc) is 2.46. The average molecular weight is 272 g/mol. The van der Waals surface area contributed by atoms with Crippen LogP contribution in [0.25, 0.3) is 0 Å². The lowest BCUT2D eigenvalue weighted by molar-refractivity contribution is -0.385. The molecule has 0 aliphatic carbocycles. The van der Waals surface area contributed by atoms with E-state index in [-0.39, 0.29) is 5.69 Å². The van der Waals surface area contributed by atoms with Crippen molar-refractivity contribution in [2.75, 3.05) is 12.3 Å². The molecule has 0 amide bonds. The van der Waals surface area contributed by atoms with E-state index >= 15 is 0 Å². The van der Waals surface area contributed by atoms with Gasteiger partial charge in [-0.2, -0.15) is 0 Å². The molecule has 0 unspecified atom stereocenters. The molecule has 0 bridgehead atoms. The van der Waals surface area contributed by atoms with Crippen molar-refractivity contribution < 1.29 is 9.66 Å². The summed E-state index contributed by atoms with van der Waals surface area (Å²) in [6, 6.07) is 14.1. The number of hydrogen-bond donors (Lipinski definition) is 1. The van der Waals surface area contributed by atoms with Gasteiger partial charge < -0.3 is 10.5 Å². The molecule has 0 aliphatic heterocycles. The molecule has 0 aliphatic rings. The third-order valence-electron chi connectivity index (χ3n) is 2.91. The van der Waals surface area contributed by atoms with Crippen LogP contribution in [-0.4, -0.2) is 11.5 Å². The Morgan fingerprint density at radius 1 is 1.10 bits per heavy atom. The first-order chi connectivity index (χ1) is 9.66. The van der Waals surface area contributed by atoms with Crippen molar-refractivity contribution >= 4 is 11.4 Å². The molecule has 2 rings (SSSR count). The standard InChI is InChI=1S/C15H16N2O3/c16-13-9-7-12(8-10-13)4-3-11-20-15-6-2-1-5-14(15)17(18)19/h1-2,5-10H,3-4,11,16H2. The lowest BCUT2D eigenvalue weighted by Gasteiger charge is -2.06. The van der Waals surface area contributed by atoms with E-state index in [0.29, 0.717) is 12.4 Å². The van der Waals surface area contributed by atoms with Gasteiger partial charge in [0, 0.05) is 11.8 Å². The van der Waals surface area contributed by atoms with Crippen LogP contribution in [0.5, 0.6) is 5.75 Å². The van der Waals surface area contributed by atoms with Gasteiger partial charge in [0.1, 0.15) is 0 Å². The number of nitro groups is 1. The highest BCUT2D eigenvalue weighted by molar-refractivity contribution is 5.45. The minimum atomic E-state index is -0.435. The fourth-order valence-corrected chi connectivity index (χ4v) is 1.87. The van der Waals surface area contributed by atoms with Crippen LogP contribution >= 0.6 is 0 Å². The zero-order chi connectivity index (χ0) is 14.4. The number of hydrogen-bond acceptors (Lipinski definition) is 4. The summed E-state index contributed by atoms with van der Waals surface area (Å²) in [5, 5.41) is 10.8. The summed E-state index contributed by atoms with van der Waals surface area (Å²) >= 11 is 0. The molecule has 0 atom stereocenters. The molecule has 0 fully saturated rings. The van der Waals surface area contributed by atoms with Crippen molar-refractivity contribution in [3.8, 4) is 5.75 Å². The molecule has 5 heteroatoms. The number of para-hydroxylation sites is 2. The Morgan fingerprint density at radius 3 is 2.50 bits per heavy atom. The fourth-order valence-electron chi connectivity index (χ4n) is 1.87. The molecule has 0 spiro atoms. The quantitative estimate of drug-likeness (QED) is 0.379. The van der Waals surface area contributed by atoms with Crippen molar-refractivity contribution in [2.45, 2.75) is 12.8 Å². The minimum Gasteiger partial charge on any atom is -0.487 e. The predicted octanol–water partition coefficient (Wildman–Crippen LogP) is 3.19. The highest BCUT2D eigenvalue weighted by atomic mass is 16.6. The van der Waals surface area contributed by atoms with Gasteiger partial charge in [-0.25, -0.2) is 0 Å². The monoisotopic (exact) mass is 272 g/mol. The second kappa shape index (κ2) is 6.56. The molecule has 5 nitrogen and oxygen atoms in total.